The fraction of sp³-hybridized carbons (Fsp3) is 0.462. The normalized spacial score (nSPS) is 11.9. The molecule has 1 unspecified atom stereocenters. The van der Waals surface area contributed by atoms with Crippen molar-refractivity contribution >= 4 is 5.91 Å². The van der Waals surface area contributed by atoms with Gasteiger partial charge < -0.3 is 15.2 Å². The number of amides is 1. The molecule has 0 heterocycles. The second kappa shape index (κ2) is 6.91. The lowest BCUT2D eigenvalue weighted by Gasteiger charge is -2.10. The van der Waals surface area contributed by atoms with Crippen molar-refractivity contribution in [1.29, 1.82) is 0 Å². The molecule has 0 aromatic heterocycles. The first-order chi connectivity index (χ1) is 8.17. The van der Waals surface area contributed by atoms with E-state index in [0.717, 1.165) is 6.42 Å². The summed E-state index contributed by atoms with van der Waals surface area (Å²) in [5.74, 6) is 0.537. The smallest absolute Gasteiger partial charge is 0.251 e. The minimum Gasteiger partial charge on any atom is -0.497 e. The van der Waals surface area contributed by atoms with Gasteiger partial charge in [0.15, 0.2) is 0 Å². The van der Waals surface area contributed by atoms with Crippen molar-refractivity contribution in [2.45, 2.75) is 25.9 Å². The Morgan fingerprint density at radius 3 is 2.59 bits per heavy atom. The summed E-state index contributed by atoms with van der Waals surface area (Å²) in [7, 11) is 1.58. The highest BCUT2D eigenvalue weighted by molar-refractivity contribution is 5.94. The third kappa shape index (κ3) is 4.44. The zero-order chi connectivity index (χ0) is 12.7. The van der Waals surface area contributed by atoms with Crippen LogP contribution in [0.3, 0.4) is 0 Å². The number of methoxy groups -OCH3 is 1. The second-order valence-electron chi connectivity index (χ2n) is 3.88. The summed E-state index contributed by atoms with van der Waals surface area (Å²) in [6.45, 7) is 2.28. The Balaban J connectivity index is 2.46. The summed E-state index contributed by atoms with van der Waals surface area (Å²) in [5, 5.41) is 12.2. The molecule has 4 heteroatoms. The Morgan fingerprint density at radius 1 is 1.41 bits per heavy atom. The lowest BCUT2D eigenvalue weighted by molar-refractivity contribution is 0.0910. The van der Waals surface area contributed by atoms with Gasteiger partial charge in [0.2, 0.25) is 0 Å². The number of aliphatic hydroxyl groups is 1. The number of rotatable bonds is 6. The number of hydrogen-bond acceptors (Lipinski definition) is 3. The molecule has 0 spiro atoms. The molecular weight excluding hydrogens is 218 g/mol. The molecule has 4 nitrogen and oxygen atoms in total. The van der Waals surface area contributed by atoms with Gasteiger partial charge in [0.05, 0.1) is 13.2 Å². The van der Waals surface area contributed by atoms with E-state index in [4.69, 9.17) is 4.74 Å². The summed E-state index contributed by atoms with van der Waals surface area (Å²) < 4.78 is 5.01. The van der Waals surface area contributed by atoms with Crippen molar-refractivity contribution in [3.8, 4) is 5.75 Å². The van der Waals surface area contributed by atoms with Gasteiger partial charge in [-0.2, -0.15) is 0 Å². The monoisotopic (exact) mass is 237 g/mol. The molecule has 0 bridgehead atoms. The molecule has 0 aliphatic carbocycles. The van der Waals surface area contributed by atoms with Crippen molar-refractivity contribution < 1.29 is 14.6 Å². The third-order valence-electron chi connectivity index (χ3n) is 2.47. The van der Waals surface area contributed by atoms with Gasteiger partial charge >= 0.3 is 0 Å². The van der Waals surface area contributed by atoms with E-state index in [9.17, 15) is 9.90 Å². The van der Waals surface area contributed by atoms with E-state index in [1.165, 1.54) is 0 Å². The zero-order valence-electron chi connectivity index (χ0n) is 10.3. The number of benzene rings is 1. The SMILES string of the molecule is CCCC(O)CNC(=O)c1ccc(OC)cc1. The first-order valence-electron chi connectivity index (χ1n) is 5.77. The molecule has 1 aromatic rings. The van der Waals surface area contributed by atoms with Crippen LogP contribution in [-0.2, 0) is 0 Å². The number of nitrogens with one attached hydrogen (secondary N) is 1. The van der Waals surface area contributed by atoms with Crippen LogP contribution in [0.5, 0.6) is 5.75 Å². The Labute approximate surface area is 102 Å². The van der Waals surface area contributed by atoms with Gasteiger partial charge in [0.25, 0.3) is 5.91 Å². The average molecular weight is 237 g/mol. The van der Waals surface area contributed by atoms with Crippen LogP contribution < -0.4 is 10.1 Å². The Hall–Kier alpha value is -1.55. The van der Waals surface area contributed by atoms with Crippen LogP contribution in [0.2, 0.25) is 0 Å². The van der Waals surface area contributed by atoms with E-state index in [2.05, 4.69) is 5.32 Å². The summed E-state index contributed by atoms with van der Waals surface area (Å²) in [4.78, 5) is 11.7. The summed E-state index contributed by atoms with van der Waals surface area (Å²) in [6, 6.07) is 6.86. The predicted molar refractivity (Wildman–Crippen MR) is 66.2 cm³/mol. The second-order valence-corrected chi connectivity index (χ2v) is 3.88. The third-order valence-corrected chi connectivity index (χ3v) is 2.47. The van der Waals surface area contributed by atoms with Crippen LogP contribution >= 0.6 is 0 Å². The number of aliphatic hydroxyl groups excluding tert-OH is 1. The van der Waals surface area contributed by atoms with Crippen LogP contribution in [0.4, 0.5) is 0 Å². The van der Waals surface area contributed by atoms with Crippen LogP contribution in [0.1, 0.15) is 30.1 Å². The van der Waals surface area contributed by atoms with E-state index < -0.39 is 6.10 Å². The Morgan fingerprint density at radius 2 is 2.06 bits per heavy atom. The van der Waals surface area contributed by atoms with Gasteiger partial charge in [-0.15, -0.1) is 0 Å². The Kier molecular flexibility index (Phi) is 5.49. The summed E-state index contributed by atoms with van der Waals surface area (Å²) in [6.07, 6.45) is 1.13. The van der Waals surface area contributed by atoms with Crippen LogP contribution in [0.15, 0.2) is 24.3 Å². The maximum atomic E-state index is 11.7. The Bertz CT molecular complexity index is 348. The zero-order valence-corrected chi connectivity index (χ0v) is 10.3. The molecule has 0 aliphatic heterocycles. The molecule has 0 saturated heterocycles. The average Bonchev–Trinajstić information content (AvgIpc) is 2.36. The van der Waals surface area contributed by atoms with Crippen LogP contribution in [-0.4, -0.2) is 30.8 Å². The van der Waals surface area contributed by atoms with E-state index >= 15 is 0 Å². The highest BCUT2D eigenvalue weighted by Gasteiger charge is 2.08. The van der Waals surface area contributed by atoms with E-state index in [-0.39, 0.29) is 5.91 Å². The molecule has 0 fully saturated rings. The number of carbonyl (C=O) groups excluding carboxylic acids is 1. The fourth-order valence-electron chi connectivity index (χ4n) is 1.49. The molecule has 1 atom stereocenters. The fourth-order valence-corrected chi connectivity index (χ4v) is 1.49. The van der Waals surface area contributed by atoms with Crippen molar-refractivity contribution in [3.05, 3.63) is 29.8 Å². The molecule has 94 valence electrons. The minimum absolute atomic E-state index is 0.178. The minimum atomic E-state index is -0.470. The molecule has 2 N–H and O–H groups in total. The van der Waals surface area contributed by atoms with Gasteiger partial charge in [-0.1, -0.05) is 13.3 Å². The lowest BCUT2D eigenvalue weighted by Crippen LogP contribution is -2.31. The molecule has 1 rings (SSSR count). The molecular formula is C13H19NO3. The molecule has 17 heavy (non-hydrogen) atoms. The quantitative estimate of drug-likeness (QED) is 0.790. The van der Waals surface area contributed by atoms with Crippen LogP contribution in [0.25, 0.3) is 0 Å². The standard InChI is InChI=1S/C13H19NO3/c1-3-4-11(15)9-14-13(16)10-5-7-12(17-2)8-6-10/h5-8,11,15H,3-4,9H2,1-2H3,(H,14,16). The van der Waals surface area contributed by atoms with Gasteiger partial charge in [-0.3, -0.25) is 4.79 Å². The maximum absolute atomic E-state index is 11.7. The highest BCUT2D eigenvalue weighted by Crippen LogP contribution is 2.11. The van der Waals surface area contributed by atoms with Gasteiger partial charge in [-0.25, -0.2) is 0 Å². The maximum Gasteiger partial charge on any atom is 0.251 e. The molecule has 0 saturated carbocycles. The van der Waals surface area contributed by atoms with Crippen molar-refractivity contribution in [2.24, 2.45) is 0 Å². The first-order valence-corrected chi connectivity index (χ1v) is 5.77. The number of ether oxygens (including phenoxy) is 1. The van der Waals surface area contributed by atoms with Crippen molar-refractivity contribution in [2.75, 3.05) is 13.7 Å². The van der Waals surface area contributed by atoms with Crippen molar-refractivity contribution in [1.82, 2.24) is 5.32 Å². The molecule has 1 amide bonds. The van der Waals surface area contributed by atoms with Crippen molar-refractivity contribution in [3.63, 3.8) is 0 Å². The number of hydrogen-bond donors (Lipinski definition) is 2. The lowest BCUT2D eigenvalue weighted by atomic mass is 10.2. The summed E-state index contributed by atoms with van der Waals surface area (Å²) >= 11 is 0. The van der Waals surface area contributed by atoms with E-state index in [1.54, 1.807) is 31.4 Å². The molecule has 0 aliphatic rings. The van der Waals surface area contributed by atoms with E-state index in [1.807, 2.05) is 6.92 Å². The molecule has 1 aromatic carbocycles. The highest BCUT2D eigenvalue weighted by atomic mass is 16.5. The van der Waals surface area contributed by atoms with Crippen LogP contribution in [0, 0.1) is 0 Å². The first kappa shape index (κ1) is 13.5. The van der Waals surface area contributed by atoms with E-state index in [0.29, 0.717) is 24.3 Å². The largest absolute Gasteiger partial charge is 0.497 e. The van der Waals surface area contributed by atoms with Gasteiger partial charge in [-0.05, 0) is 30.7 Å². The van der Waals surface area contributed by atoms with Gasteiger partial charge in [0, 0.05) is 12.1 Å². The molecule has 0 radical (unpaired) electrons. The topological polar surface area (TPSA) is 58.6 Å². The predicted octanol–water partition coefficient (Wildman–Crippen LogP) is 1.59. The number of carbonyl (C=O) groups is 1. The summed E-state index contributed by atoms with van der Waals surface area (Å²) in [5.41, 5.74) is 0.564. The van der Waals surface area contributed by atoms with Gasteiger partial charge in [0.1, 0.15) is 5.75 Å².